The lowest BCUT2D eigenvalue weighted by atomic mass is 9.74. The maximum atomic E-state index is 11.0. The monoisotopic (exact) mass is 157 g/mol. The lowest BCUT2D eigenvalue weighted by Crippen LogP contribution is -2.39. The van der Waals surface area contributed by atoms with Crippen LogP contribution in [0.25, 0.3) is 0 Å². The first-order valence-corrected chi connectivity index (χ1v) is 4.10. The van der Waals surface area contributed by atoms with Crippen molar-refractivity contribution < 1.29 is 4.79 Å². The van der Waals surface area contributed by atoms with Crippen molar-refractivity contribution in [3.05, 3.63) is 0 Å². The van der Waals surface area contributed by atoms with Gasteiger partial charge in [0.05, 0.1) is 0 Å². The van der Waals surface area contributed by atoms with E-state index in [1.165, 1.54) is 0 Å². The maximum Gasteiger partial charge on any atom is 0.223 e. The molecule has 0 bridgehead atoms. The van der Waals surface area contributed by atoms with Crippen LogP contribution in [-0.4, -0.2) is 5.91 Å². The van der Waals surface area contributed by atoms with Gasteiger partial charge in [-0.2, -0.15) is 0 Å². The van der Waals surface area contributed by atoms with E-state index in [1.54, 1.807) is 0 Å². The van der Waals surface area contributed by atoms with Crippen molar-refractivity contribution in [2.75, 3.05) is 0 Å². The summed E-state index contributed by atoms with van der Waals surface area (Å²) in [6.07, 6.45) is 0. The Bertz CT molecular complexity index is 150. The molecule has 0 aliphatic carbocycles. The molecule has 0 radical (unpaired) electrons. The highest BCUT2D eigenvalue weighted by atomic mass is 16.1. The molecule has 2 nitrogen and oxygen atoms in total. The van der Waals surface area contributed by atoms with Crippen molar-refractivity contribution in [3.8, 4) is 0 Å². The summed E-state index contributed by atoms with van der Waals surface area (Å²) in [5, 5.41) is 0. The number of hydrogen-bond acceptors (Lipinski definition) is 1. The molecular weight excluding hydrogens is 138 g/mol. The van der Waals surface area contributed by atoms with E-state index in [-0.39, 0.29) is 11.3 Å². The van der Waals surface area contributed by atoms with Crippen molar-refractivity contribution in [3.63, 3.8) is 0 Å². The van der Waals surface area contributed by atoms with E-state index in [0.717, 1.165) is 0 Å². The Morgan fingerprint density at radius 2 is 1.64 bits per heavy atom. The number of hydrogen-bond donors (Lipinski definition) is 1. The third kappa shape index (κ3) is 2.21. The highest BCUT2D eigenvalue weighted by molar-refractivity contribution is 5.80. The average Bonchev–Trinajstić information content (AvgIpc) is 1.85. The van der Waals surface area contributed by atoms with E-state index in [9.17, 15) is 4.79 Å². The molecule has 2 heteroatoms. The summed E-state index contributed by atoms with van der Waals surface area (Å²) >= 11 is 0. The summed E-state index contributed by atoms with van der Waals surface area (Å²) in [5.74, 6) is 0.621. The van der Waals surface area contributed by atoms with Gasteiger partial charge < -0.3 is 5.73 Å². The fourth-order valence-electron chi connectivity index (χ4n) is 1.06. The minimum Gasteiger partial charge on any atom is -0.369 e. The smallest absolute Gasteiger partial charge is 0.223 e. The molecule has 0 heterocycles. The number of primary amides is 1. The van der Waals surface area contributed by atoms with E-state index in [0.29, 0.717) is 11.8 Å². The molecule has 0 fully saturated rings. The van der Waals surface area contributed by atoms with Gasteiger partial charge >= 0.3 is 0 Å². The summed E-state index contributed by atoms with van der Waals surface area (Å²) in [7, 11) is 0. The largest absolute Gasteiger partial charge is 0.369 e. The van der Waals surface area contributed by atoms with Gasteiger partial charge in [-0.1, -0.05) is 34.6 Å². The quantitative estimate of drug-likeness (QED) is 0.666. The van der Waals surface area contributed by atoms with E-state index in [4.69, 9.17) is 5.73 Å². The van der Waals surface area contributed by atoms with Crippen molar-refractivity contribution >= 4 is 5.91 Å². The van der Waals surface area contributed by atoms with Gasteiger partial charge in [0.25, 0.3) is 0 Å². The van der Waals surface area contributed by atoms with Crippen LogP contribution in [0, 0.1) is 17.3 Å². The van der Waals surface area contributed by atoms with E-state index in [2.05, 4.69) is 20.8 Å². The molecule has 0 saturated carbocycles. The second-order valence-corrected chi connectivity index (χ2v) is 4.12. The zero-order valence-corrected chi connectivity index (χ0v) is 8.14. The van der Waals surface area contributed by atoms with E-state index in [1.807, 2.05) is 13.8 Å². The molecule has 0 aromatic heterocycles. The zero-order chi connectivity index (χ0) is 9.23. The second-order valence-electron chi connectivity index (χ2n) is 4.12. The topological polar surface area (TPSA) is 43.1 Å². The van der Waals surface area contributed by atoms with Crippen molar-refractivity contribution in [1.82, 2.24) is 0 Å². The van der Waals surface area contributed by atoms with Crippen LogP contribution in [0.4, 0.5) is 0 Å². The fourth-order valence-corrected chi connectivity index (χ4v) is 1.06. The number of carbonyl (C=O) groups is 1. The number of carbonyl (C=O) groups excluding carboxylic acids is 1. The van der Waals surface area contributed by atoms with Crippen LogP contribution in [0.3, 0.4) is 0 Å². The predicted octanol–water partition coefficient (Wildman–Crippen LogP) is 1.79. The van der Waals surface area contributed by atoms with Crippen LogP contribution < -0.4 is 5.73 Å². The van der Waals surface area contributed by atoms with Gasteiger partial charge in [-0.25, -0.2) is 0 Å². The van der Waals surface area contributed by atoms with Gasteiger partial charge in [0.2, 0.25) is 5.91 Å². The molecule has 0 aromatic rings. The molecule has 0 rings (SSSR count). The van der Waals surface area contributed by atoms with Crippen LogP contribution in [0.2, 0.25) is 0 Å². The molecule has 0 aliphatic rings. The molecule has 11 heavy (non-hydrogen) atoms. The Balaban J connectivity index is 4.42. The zero-order valence-electron chi connectivity index (χ0n) is 8.14. The van der Waals surface area contributed by atoms with Gasteiger partial charge in [0.15, 0.2) is 0 Å². The molecule has 0 saturated heterocycles. The van der Waals surface area contributed by atoms with Crippen LogP contribution in [0.1, 0.15) is 34.6 Å². The van der Waals surface area contributed by atoms with Gasteiger partial charge in [0.1, 0.15) is 0 Å². The fraction of sp³-hybridized carbons (Fsp3) is 0.889. The number of nitrogens with two attached hydrogens (primary N) is 1. The molecule has 1 atom stereocenters. The minimum atomic E-state index is -0.381. The molecule has 1 amide bonds. The SMILES string of the molecule is CC(C)[C@H](C)C(C)(C)C(N)=O. The third-order valence-corrected chi connectivity index (χ3v) is 2.77. The molecule has 0 spiro atoms. The van der Waals surface area contributed by atoms with Crippen LogP contribution in [-0.2, 0) is 4.79 Å². The Kier molecular flexibility index (Phi) is 3.09. The maximum absolute atomic E-state index is 11.0. The molecule has 2 N–H and O–H groups in total. The van der Waals surface area contributed by atoms with Crippen LogP contribution in [0.5, 0.6) is 0 Å². The lowest BCUT2D eigenvalue weighted by Gasteiger charge is -2.31. The van der Waals surface area contributed by atoms with Crippen LogP contribution in [0.15, 0.2) is 0 Å². The predicted molar refractivity (Wildman–Crippen MR) is 47.0 cm³/mol. The van der Waals surface area contributed by atoms with Crippen molar-refractivity contribution in [1.29, 1.82) is 0 Å². The minimum absolute atomic E-state index is 0.210. The average molecular weight is 157 g/mol. The Morgan fingerprint density at radius 3 is 1.73 bits per heavy atom. The highest BCUT2D eigenvalue weighted by Gasteiger charge is 2.33. The van der Waals surface area contributed by atoms with Gasteiger partial charge in [0, 0.05) is 5.41 Å². The summed E-state index contributed by atoms with van der Waals surface area (Å²) < 4.78 is 0. The standard InChI is InChI=1S/C9H19NO/c1-6(2)7(3)9(4,5)8(10)11/h6-7H,1-5H3,(H2,10,11)/t7-/m0/s1. The summed E-state index contributed by atoms with van der Waals surface area (Å²) in [6, 6.07) is 0. The molecule has 66 valence electrons. The summed E-state index contributed by atoms with van der Waals surface area (Å²) in [5.41, 5.74) is 4.89. The summed E-state index contributed by atoms with van der Waals surface area (Å²) in [6.45, 7) is 10.1. The Hall–Kier alpha value is -0.530. The van der Waals surface area contributed by atoms with Crippen LogP contribution >= 0.6 is 0 Å². The van der Waals surface area contributed by atoms with E-state index < -0.39 is 0 Å². The first-order chi connectivity index (χ1) is 4.80. The Morgan fingerprint density at radius 1 is 1.27 bits per heavy atom. The molecule has 0 aliphatic heterocycles. The number of amides is 1. The van der Waals surface area contributed by atoms with E-state index >= 15 is 0 Å². The summed E-state index contributed by atoms with van der Waals surface area (Å²) in [4.78, 5) is 11.0. The van der Waals surface area contributed by atoms with Crippen molar-refractivity contribution in [2.45, 2.75) is 34.6 Å². The molecule has 0 aromatic carbocycles. The molecule has 0 unspecified atom stereocenters. The number of rotatable bonds is 3. The van der Waals surface area contributed by atoms with Crippen molar-refractivity contribution in [2.24, 2.45) is 23.0 Å². The highest BCUT2D eigenvalue weighted by Crippen LogP contribution is 2.31. The van der Waals surface area contributed by atoms with Gasteiger partial charge in [-0.15, -0.1) is 0 Å². The third-order valence-electron chi connectivity index (χ3n) is 2.77. The van der Waals surface area contributed by atoms with Gasteiger partial charge in [-0.05, 0) is 11.8 Å². The first-order valence-electron chi connectivity index (χ1n) is 4.10. The second kappa shape index (κ2) is 3.24. The normalized spacial score (nSPS) is 15.1. The Labute approximate surface area is 69.2 Å². The van der Waals surface area contributed by atoms with Gasteiger partial charge in [-0.3, -0.25) is 4.79 Å². The molecular formula is C9H19NO. The first kappa shape index (κ1) is 10.5. The lowest BCUT2D eigenvalue weighted by molar-refractivity contribution is -0.129.